The highest BCUT2D eigenvalue weighted by Gasteiger charge is 2.67. The van der Waals surface area contributed by atoms with E-state index in [2.05, 4.69) is 0 Å². The molecule has 1 aromatic rings. The molecule has 1 saturated heterocycles. The van der Waals surface area contributed by atoms with Crippen molar-refractivity contribution >= 4 is 17.3 Å². The van der Waals surface area contributed by atoms with Gasteiger partial charge < -0.3 is 9.47 Å². The maximum absolute atomic E-state index is 12.6. The Morgan fingerprint density at radius 2 is 1.79 bits per heavy atom. The Morgan fingerprint density at radius 3 is 2.42 bits per heavy atom. The highest BCUT2D eigenvalue weighted by atomic mass is 16.6. The summed E-state index contributed by atoms with van der Waals surface area (Å²) in [7, 11) is 1.56. The van der Waals surface area contributed by atoms with Gasteiger partial charge in [-0.2, -0.15) is 0 Å². The highest BCUT2D eigenvalue weighted by Crippen LogP contribution is 2.57. The molecule has 1 aliphatic heterocycles. The monoisotopic (exact) mass is 330 g/mol. The second kappa shape index (κ2) is 5.52. The number of carbonyl (C=O) groups is 3. The van der Waals surface area contributed by atoms with Crippen LogP contribution in [0.15, 0.2) is 18.2 Å². The molecule has 0 N–H and O–H groups in total. The Labute approximate surface area is 141 Å². The first-order chi connectivity index (χ1) is 11.4. The summed E-state index contributed by atoms with van der Waals surface area (Å²) in [6.45, 7) is 7.47. The van der Waals surface area contributed by atoms with E-state index in [0.29, 0.717) is 11.3 Å². The maximum atomic E-state index is 12.6. The first-order valence-electron chi connectivity index (χ1n) is 8.34. The summed E-state index contributed by atoms with van der Waals surface area (Å²) in [4.78, 5) is 37.5. The lowest BCUT2D eigenvalue weighted by molar-refractivity contribution is -0.139. The van der Waals surface area contributed by atoms with E-state index >= 15 is 0 Å². The molecule has 5 heteroatoms. The number of benzene rings is 1. The van der Waals surface area contributed by atoms with Crippen LogP contribution in [0.5, 0.6) is 5.75 Å². The minimum absolute atomic E-state index is 0.0775. The van der Waals surface area contributed by atoms with Crippen LogP contribution in [0.3, 0.4) is 0 Å². The Morgan fingerprint density at radius 1 is 1.12 bits per heavy atom. The van der Waals surface area contributed by atoms with Crippen LogP contribution in [0, 0.1) is 11.3 Å². The van der Waals surface area contributed by atoms with Crippen molar-refractivity contribution in [1.82, 2.24) is 0 Å². The minimum Gasteiger partial charge on any atom is -0.497 e. The van der Waals surface area contributed by atoms with Crippen LogP contribution in [-0.2, 0) is 14.3 Å². The second-order valence-corrected chi connectivity index (χ2v) is 6.76. The Hall–Kier alpha value is -2.01. The molecule has 128 valence electrons. The van der Waals surface area contributed by atoms with Crippen molar-refractivity contribution in [1.29, 1.82) is 0 Å². The number of hydrogen-bond acceptors (Lipinski definition) is 5. The van der Waals surface area contributed by atoms with Crippen LogP contribution in [-0.4, -0.2) is 36.7 Å². The molecule has 4 atom stereocenters. The quantitative estimate of drug-likeness (QED) is 0.584. The molecule has 3 aliphatic rings. The van der Waals surface area contributed by atoms with Crippen molar-refractivity contribution in [3.8, 4) is 5.75 Å². The summed E-state index contributed by atoms with van der Waals surface area (Å²) in [6.07, 6.45) is -0.746. The van der Waals surface area contributed by atoms with E-state index in [1.54, 1.807) is 39.2 Å². The number of epoxide rings is 1. The summed E-state index contributed by atoms with van der Waals surface area (Å²) in [5.74, 6) is -1.35. The fourth-order valence-electron chi connectivity index (χ4n) is 4.04. The van der Waals surface area contributed by atoms with Crippen molar-refractivity contribution in [2.75, 3.05) is 7.11 Å². The molecular formula is C19H22O5. The van der Waals surface area contributed by atoms with Crippen LogP contribution < -0.4 is 4.74 Å². The van der Waals surface area contributed by atoms with E-state index in [0.717, 1.165) is 5.56 Å². The molecule has 4 unspecified atom stereocenters. The van der Waals surface area contributed by atoms with Gasteiger partial charge in [0, 0.05) is 22.8 Å². The topological polar surface area (TPSA) is 73.0 Å². The fraction of sp³-hybridized carbons (Fsp3) is 0.526. The zero-order valence-corrected chi connectivity index (χ0v) is 14.6. The lowest BCUT2D eigenvalue weighted by Crippen LogP contribution is -2.53. The predicted octanol–water partition coefficient (Wildman–Crippen LogP) is 2.56. The van der Waals surface area contributed by atoms with E-state index in [1.807, 2.05) is 13.8 Å². The summed E-state index contributed by atoms with van der Waals surface area (Å²) in [5.41, 5.74) is 0.282. The van der Waals surface area contributed by atoms with Crippen molar-refractivity contribution in [2.24, 2.45) is 11.3 Å². The van der Waals surface area contributed by atoms with Gasteiger partial charge in [-0.3, -0.25) is 14.4 Å². The van der Waals surface area contributed by atoms with Crippen LogP contribution in [0.1, 0.15) is 49.5 Å². The van der Waals surface area contributed by atoms with Crippen molar-refractivity contribution in [3.05, 3.63) is 29.3 Å². The molecule has 0 bridgehead atoms. The van der Waals surface area contributed by atoms with Gasteiger partial charge in [-0.05, 0) is 23.8 Å². The molecule has 0 aromatic heterocycles. The van der Waals surface area contributed by atoms with Gasteiger partial charge in [0.1, 0.15) is 11.9 Å². The lowest BCUT2D eigenvalue weighted by atomic mass is 9.56. The molecule has 0 amide bonds. The zero-order chi connectivity index (χ0) is 17.8. The Balaban J connectivity index is 0.000000815. The number of fused-ring (bicyclic) bond motifs is 5. The number of ether oxygens (including phenoxy) is 2. The largest absolute Gasteiger partial charge is 0.497 e. The number of rotatable bonds is 1. The van der Waals surface area contributed by atoms with Gasteiger partial charge in [-0.1, -0.05) is 27.7 Å². The molecular weight excluding hydrogens is 308 g/mol. The molecule has 2 fully saturated rings. The number of carbonyl (C=O) groups excluding carboxylic acids is 3. The van der Waals surface area contributed by atoms with Crippen molar-refractivity contribution < 1.29 is 23.9 Å². The van der Waals surface area contributed by atoms with Crippen molar-refractivity contribution in [3.63, 3.8) is 0 Å². The summed E-state index contributed by atoms with van der Waals surface area (Å²) in [5, 5.41) is 0. The SMILES string of the molecule is CC.COc1ccc2c(c1)C1C3OC3C(=O)C(C)(C)C1C(=O)C2=O. The van der Waals surface area contributed by atoms with Gasteiger partial charge in [0.05, 0.1) is 13.2 Å². The molecule has 5 nitrogen and oxygen atoms in total. The molecule has 24 heavy (non-hydrogen) atoms. The third kappa shape index (κ3) is 2.07. The van der Waals surface area contributed by atoms with E-state index in [9.17, 15) is 14.4 Å². The van der Waals surface area contributed by atoms with Crippen LogP contribution in [0.2, 0.25) is 0 Å². The normalized spacial score (nSPS) is 32.0. The standard InChI is InChI=1S/C17H16O5.C2H6/c1-17(2)11-10(14-15(22-14)16(17)20)9-6-7(21-3)4-5-8(9)12(18)13(11)19;1-2/h4-6,10-11,14-15H,1-3H3;1-2H3. The van der Waals surface area contributed by atoms with Gasteiger partial charge >= 0.3 is 0 Å². The third-order valence-corrected chi connectivity index (χ3v) is 5.28. The Bertz CT molecular complexity index is 733. The van der Waals surface area contributed by atoms with Crippen LogP contribution in [0.4, 0.5) is 0 Å². The van der Waals surface area contributed by atoms with Gasteiger partial charge in [0.15, 0.2) is 5.78 Å². The number of ketones is 3. The predicted molar refractivity (Wildman–Crippen MR) is 87.4 cm³/mol. The third-order valence-electron chi connectivity index (χ3n) is 5.28. The average molecular weight is 330 g/mol. The molecule has 0 radical (unpaired) electrons. The van der Waals surface area contributed by atoms with Crippen LogP contribution >= 0.6 is 0 Å². The highest BCUT2D eigenvalue weighted by molar-refractivity contribution is 6.46. The number of hydrogen-bond donors (Lipinski definition) is 0. The van der Waals surface area contributed by atoms with E-state index < -0.39 is 29.0 Å². The molecule has 2 aliphatic carbocycles. The number of methoxy groups -OCH3 is 1. The lowest BCUT2D eigenvalue weighted by Gasteiger charge is -2.42. The van der Waals surface area contributed by atoms with Gasteiger partial charge in [-0.25, -0.2) is 0 Å². The minimum atomic E-state index is -0.893. The maximum Gasteiger partial charge on any atom is 0.229 e. The van der Waals surface area contributed by atoms with E-state index in [4.69, 9.17) is 9.47 Å². The van der Waals surface area contributed by atoms with Gasteiger partial charge in [-0.15, -0.1) is 0 Å². The molecule has 1 heterocycles. The molecule has 4 rings (SSSR count). The first-order valence-corrected chi connectivity index (χ1v) is 8.34. The van der Waals surface area contributed by atoms with Gasteiger partial charge in [0.2, 0.25) is 11.6 Å². The summed E-state index contributed by atoms with van der Waals surface area (Å²) in [6, 6.07) is 5.10. The van der Waals surface area contributed by atoms with E-state index in [1.165, 1.54) is 0 Å². The van der Waals surface area contributed by atoms with Crippen LogP contribution in [0.25, 0.3) is 0 Å². The second-order valence-electron chi connectivity index (χ2n) is 6.76. The molecule has 0 spiro atoms. The Kier molecular flexibility index (Phi) is 3.87. The summed E-state index contributed by atoms with van der Waals surface area (Å²) >= 11 is 0. The van der Waals surface area contributed by atoms with E-state index in [-0.39, 0.29) is 17.8 Å². The fourth-order valence-corrected chi connectivity index (χ4v) is 4.04. The number of Topliss-reactive ketones (excluding diaryl/α,β-unsaturated/α-hetero) is 3. The molecule has 1 aromatic carbocycles. The van der Waals surface area contributed by atoms with Gasteiger partial charge in [0.25, 0.3) is 0 Å². The first kappa shape index (κ1) is 16.8. The average Bonchev–Trinajstić information content (AvgIpc) is 3.38. The summed E-state index contributed by atoms with van der Waals surface area (Å²) < 4.78 is 10.8. The zero-order valence-electron chi connectivity index (χ0n) is 14.6. The van der Waals surface area contributed by atoms with Crippen molar-refractivity contribution in [2.45, 2.75) is 45.8 Å². The smallest absolute Gasteiger partial charge is 0.229 e. The molecule has 1 saturated carbocycles.